The maximum Gasteiger partial charge on any atom is 0.264 e. The summed E-state index contributed by atoms with van der Waals surface area (Å²) in [4.78, 5) is 11.3. The Kier molecular flexibility index (Phi) is 4.03. The average Bonchev–Trinajstić information content (AvgIpc) is 2.28. The summed E-state index contributed by atoms with van der Waals surface area (Å²) in [6.45, 7) is 3.43. The summed E-state index contributed by atoms with van der Waals surface area (Å²) in [5.41, 5.74) is 5.36. The lowest BCUT2D eigenvalue weighted by molar-refractivity contribution is -0.120. The zero-order valence-electron chi connectivity index (χ0n) is 8.59. The molecule has 0 fully saturated rings. The van der Waals surface area contributed by atoms with Crippen LogP contribution in [0.15, 0.2) is 35.2 Å². The van der Waals surface area contributed by atoms with Gasteiger partial charge in [0.25, 0.3) is 15.9 Å². The Bertz CT molecular complexity index is 456. The van der Waals surface area contributed by atoms with Crippen molar-refractivity contribution in [2.45, 2.75) is 17.4 Å². The molecule has 5 nitrogen and oxygen atoms in total. The van der Waals surface area contributed by atoms with E-state index in [0.717, 1.165) is 0 Å². The fraction of sp³-hybridized carbons (Fsp3) is 0.200. The largest absolute Gasteiger partial charge is 0.320 e. The van der Waals surface area contributed by atoms with Gasteiger partial charge in [0.2, 0.25) is 0 Å². The van der Waals surface area contributed by atoms with Crippen LogP contribution in [0.5, 0.6) is 0 Å². The topological polar surface area (TPSA) is 89.3 Å². The lowest BCUT2D eigenvalue weighted by atomic mass is 10.2. The van der Waals surface area contributed by atoms with E-state index in [-0.39, 0.29) is 11.3 Å². The van der Waals surface area contributed by atoms with E-state index in [1.54, 1.807) is 18.2 Å². The number of sulfonamides is 1. The van der Waals surface area contributed by atoms with Crippen LogP contribution in [-0.4, -0.2) is 20.4 Å². The third-order valence-corrected chi connectivity index (χ3v) is 3.30. The van der Waals surface area contributed by atoms with Crippen LogP contribution in [0.3, 0.4) is 0 Å². The Morgan fingerprint density at radius 2 is 1.94 bits per heavy atom. The smallest absolute Gasteiger partial charge is 0.264 e. The Morgan fingerprint density at radius 3 is 2.44 bits per heavy atom. The van der Waals surface area contributed by atoms with Gasteiger partial charge in [-0.05, 0) is 18.6 Å². The van der Waals surface area contributed by atoms with Crippen molar-refractivity contribution in [1.82, 2.24) is 4.72 Å². The summed E-state index contributed by atoms with van der Waals surface area (Å²) in [5.74, 6) is -0.751. The third kappa shape index (κ3) is 3.04. The number of rotatable bonds is 4. The highest BCUT2D eigenvalue weighted by atomic mass is 32.2. The van der Waals surface area contributed by atoms with Crippen LogP contribution >= 0.6 is 0 Å². The first-order valence-corrected chi connectivity index (χ1v) is 6.12. The van der Waals surface area contributed by atoms with Crippen LogP contribution in [0.2, 0.25) is 0 Å². The fourth-order valence-electron chi connectivity index (χ4n) is 0.998. The van der Waals surface area contributed by atoms with Crippen molar-refractivity contribution in [2.75, 3.05) is 0 Å². The summed E-state index contributed by atoms with van der Waals surface area (Å²) in [6.07, 6.45) is 0.135. The van der Waals surface area contributed by atoms with Gasteiger partial charge in [-0.25, -0.2) is 13.1 Å². The average molecular weight is 241 g/mol. The molecular formula is C10H13N2O3S. The molecule has 0 aliphatic carbocycles. The van der Waals surface area contributed by atoms with E-state index in [2.05, 4.69) is 6.92 Å². The van der Waals surface area contributed by atoms with Crippen LogP contribution in [0.1, 0.15) is 6.42 Å². The number of benzene rings is 1. The molecule has 0 aliphatic rings. The molecule has 3 N–H and O–H groups in total. The number of amides is 1. The molecule has 0 saturated carbocycles. The molecule has 1 aromatic rings. The molecule has 1 aromatic carbocycles. The number of carbonyl (C=O) groups is 1. The quantitative estimate of drug-likeness (QED) is 0.779. The van der Waals surface area contributed by atoms with E-state index < -0.39 is 22.0 Å². The van der Waals surface area contributed by atoms with Gasteiger partial charge in [-0.15, -0.1) is 0 Å². The van der Waals surface area contributed by atoms with Gasteiger partial charge < -0.3 is 5.73 Å². The highest BCUT2D eigenvalue weighted by Crippen LogP contribution is 2.07. The summed E-state index contributed by atoms with van der Waals surface area (Å²) >= 11 is 0. The van der Waals surface area contributed by atoms with Crippen molar-refractivity contribution in [2.24, 2.45) is 5.73 Å². The lowest BCUT2D eigenvalue weighted by Crippen LogP contribution is -2.42. The molecule has 1 unspecified atom stereocenters. The predicted molar refractivity (Wildman–Crippen MR) is 59.7 cm³/mol. The maximum atomic E-state index is 11.7. The standard InChI is InChI=1S/C10H13N2O3S/c1-2-9(11)10(13)12-16(14,15)8-6-4-3-5-7-8/h3-7,9H,1-2,11H2,(H,12,13). The van der Waals surface area contributed by atoms with Crippen molar-refractivity contribution in [3.05, 3.63) is 37.3 Å². The van der Waals surface area contributed by atoms with Crippen molar-refractivity contribution in [3.8, 4) is 0 Å². The third-order valence-electron chi connectivity index (χ3n) is 1.94. The first-order valence-electron chi connectivity index (χ1n) is 4.64. The highest BCUT2D eigenvalue weighted by Gasteiger charge is 2.20. The van der Waals surface area contributed by atoms with E-state index in [4.69, 9.17) is 5.73 Å². The molecule has 0 spiro atoms. The molecule has 1 amide bonds. The van der Waals surface area contributed by atoms with Crippen molar-refractivity contribution in [3.63, 3.8) is 0 Å². The second kappa shape index (κ2) is 5.09. The normalized spacial score (nSPS) is 13.1. The van der Waals surface area contributed by atoms with Gasteiger partial charge in [-0.2, -0.15) is 0 Å². The Labute approximate surface area is 94.7 Å². The zero-order chi connectivity index (χ0) is 12.2. The molecule has 0 heterocycles. The lowest BCUT2D eigenvalue weighted by Gasteiger charge is -2.10. The van der Waals surface area contributed by atoms with E-state index >= 15 is 0 Å². The van der Waals surface area contributed by atoms with Crippen LogP contribution < -0.4 is 10.5 Å². The first-order chi connectivity index (χ1) is 7.47. The predicted octanol–water partition coefficient (Wildman–Crippen LogP) is 0.0430. The van der Waals surface area contributed by atoms with E-state index in [1.807, 2.05) is 4.72 Å². The molecule has 0 aliphatic heterocycles. The van der Waals surface area contributed by atoms with Crippen molar-refractivity contribution >= 4 is 15.9 Å². The Morgan fingerprint density at radius 1 is 1.38 bits per heavy atom. The maximum absolute atomic E-state index is 11.7. The van der Waals surface area contributed by atoms with Gasteiger partial charge in [0.05, 0.1) is 10.9 Å². The molecule has 87 valence electrons. The summed E-state index contributed by atoms with van der Waals surface area (Å²) in [6, 6.07) is 6.69. The molecule has 16 heavy (non-hydrogen) atoms. The molecule has 6 heteroatoms. The monoisotopic (exact) mass is 241 g/mol. The molecule has 0 aromatic heterocycles. The summed E-state index contributed by atoms with van der Waals surface area (Å²) in [5, 5.41) is 0. The van der Waals surface area contributed by atoms with Gasteiger partial charge in [-0.3, -0.25) is 4.79 Å². The number of hydrogen-bond acceptors (Lipinski definition) is 4. The molecule has 0 bridgehead atoms. The minimum atomic E-state index is -3.82. The molecule has 1 atom stereocenters. The second-order valence-electron chi connectivity index (χ2n) is 3.18. The van der Waals surface area contributed by atoms with E-state index in [9.17, 15) is 13.2 Å². The van der Waals surface area contributed by atoms with Gasteiger partial charge in [0, 0.05) is 0 Å². The second-order valence-corrected chi connectivity index (χ2v) is 4.86. The molecule has 1 radical (unpaired) electrons. The van der Waals surface area contributed by atoms with Gasteiger partial charge >= 0.3 is 0 Å². The number of hydrogen-bond donors (Lipinski definition) is 2. The Balaban J connectivity index is 2.86. The SMILES string of the molecule is [CH2]CC(N)C(=O)NS(=O)(=O)c1ccccc1. The van der Waals surface area contributed by atoms with Gasteiger partial charge in [0.1, 0.15) is 0 Å². The van der Waals surface area contributed by atoms with Crippen LogP contribution in [0.25, 0.3) is 0 Å². The molecule has 1 rings (SSSR count). The fourth-order valence-corrected chi connectivity index (χ4v) is 2.05. The molecule has 0 saturated heterocycles. The Hall–Kier alpha value is -1.40. The highest BCUT2D eigenvalue weighted by molar-refractivity contribution is 7.90. The van der Waals surface area contributed by atoms with Crippen LogP contribution in [0, 0.1) is 6.92 Å². The van der Waals surface area contributed by atoms with Gasteiger partial charge in [-0.1, -0.05) is 25.1 Å². The summed E-state index contributed by atoms with van der Waals surface area (Å²) < 4.78 is 25.2. The van der Waals surface area contributed by atoms with Gasteiger partial charge in [0.15, 0.2) is 0 Å². The van der Waals surface area contributed by atoms with Crippen molar-refractivity contribution < 1.29 is 13.2 Å². The van der Waals surface area contributed by atoms with E-state index in [1.165, 1.54) is 12.1 Å². The number of nitrogens with one attached hydrogen (secondary N) is 1. The first kappa shape index (κ1) is 12.7. The van der Waals surface area contributed by atoms with Crippen LogP contribution in [-0.2, 0) is 14.8 Å². The number of carbonyl (C=O) groups excluding carboxylic acids is 1. The number of nitrogens with two attached hydrogens (primary N) is 1. The molecular weight excluding hydrogens is 228 g/mol. The van der Waals surface area contributed by atoms with E-state index in [0.29, 0.717) is 0 Å². The minimum absolute atomic E-state index is 0.0274. The zero-order valence-corrected chi connectivity index (χ0v) is 9.41. The minimum Gasteiger partial charge on any atom is -0.320 e. The van der Waals surface area contributed by atoms with Crippen LogP contribution in [0.4, 0.5) is 0 Å². The summed E-state index contributed by atoms with van der Waals surface area (Å²) in [7, 11) is -3.82. The van der Waals surface area contributed by atoms with Crippen molar-refractivity contribution in [1.29, 1.82) is 0 Å².